The van der Waals surface area contributed by atoms with Crippen LogP contribution >= 0.6 is 0 Å². The van der Waals surface area contributed by atoms with Gasteiger partial charge in [0.15, 0.2) is 17.2 Å². The molecule has 2 N–H and O–H groups in total. The van der Waals surface area contributed by atoms with Crippen LogP contribution in [-0.4, -0.2) is 71.2 Å². The van der Waals surface area contributed by atoms with E-state index in [-0.39, 0.29) is 36.0 Å². The van der Waals surface area contributed by atoms with E-state index in [1.165, 1.54) is 51.7 Å². The Morgan fingerprint density at radius 2 is 1.70 bits per heavy atom. The molecule has 11 heteroatoms. The fourth-order valence-corrected chi connectivity index (χ4v) is 8.13. The number of Topliss-reactive ketones (excluding diaryl/α,β-unsaturated/α-hetero) is 2. The van der Waals surface area contributed by atoms with Crippen molar-refractivity contribution in [2.75, 3.05) is 14.2 Å². The summed E-state index contributed by atoms with van der Waals surface area (Å²) in [5.41, 5.74) is -8.58. The number of fused-ring (bicyclic) bond motifs is 4. The lowest BCUT2D eigenvalue weighted by Crippen LogP contribution is -2.75. The third kappa shape index (κ3) is 4.58. The predicted molar refractivity (Wildman–Crippen MR) is 155 cm³/mol. The topological polar surface area (TPSA) is 167 Å². The minimum absolute atomic E-state index is 0.0537. The van der Waals surface area contributed by atoms with Crippen molar-refractivity contribution in [3.8, 4) is 0 Å². The number of aliphatic hydroxyl groups is 2. The van der Waals surface area contributed by atoms with Crippen LogP contribution in [0.5, 0.6) is 0 Å². The highest BCUT2D eigenvalue weighted by molar-refractivity contribution is 6.03. The third-order valence-electron chi connectivity index (χ3n) is 10.8. The van der Waals surface area contributed by atoms with Crippen molar-refractivity contribution in [1.82, 2.24) is 0 Å². The lowest BCUT2D eigenvalue weighted by molar-refractivity contribution is -0.224. The molecule has 1 aromatic heterocycles. The zero-order valence-electron chi connectivity index (χ0n) is 26.5. The first-order chi connectivity index (χ1) is 20.4. The molecule has 0 aliphatic heterocycles. The average molecular weight is 615 g/mol. The highest BCUT2D eigenvalue weighted by Gasteiger charge is 2.75. The van der Waals surface area contributed by atoms with Crippen LogP contribution in [-0.2, 0) is 33.4 Å². The molecule has 2 bridgehead atoms. The van der Waals surface area contributed by atoms with Crippen molar-refractivity contribution in [3.05, 3.63) is 47.5 Å². The fraction of sp³-hybridized carbons (Fsp3) is 0.606. The molecule has 1 aromatic rings. The van der Waals surface area contributed by atoms with Gasteiger partial charge in [0.25, 0.3) is 0 Å². The first kappa shape index (κ1) is 33.3. The normalized spacial score (nSPS) is 36.0. The molecule has 1 heterocycles. The van der Waals surface area contributed by atoms with Gasteiger partial charge in [-0.1, -0.05) is 26.8 Å². The summed E-state index contributed by atoms with van der Waals surface area (Å²) in [6.07, 6.45) is 3.08. The monoisotopic (exact) mass is 614 g/mol. The quantitative estimate of drug-likeness (QED) is 0.145. The van der Waals surface area contributed by atoms with Crippen molar-refractivity contribution in [3.63, 3.8) is 0 Å². The van der Waals surface area contributed by atoms with Gasteiger partial charge in [0.2, 0.25) is 0 Å². The zero-order valence-corrected chi connectivity index (χ0v) is 26.5. The summed E-state index contributed by atoms with van der Waals surface area (Å²) in [4.78, 5) is 67.5. The van der Waals surface area contributed by atoms with E-state index < -0.39 is 81.3 Å². The Balaban J connectivity index is 2.04. The molecule has 0 radical (unpaired) electrons. The van der Waals surface area contributed by atoms with Gasteiger partial charge in [-0.25, -0.2) is 4.79 Å². The van der Waals surface area contributed by atoms with E-state index >= 15 is 0 Å². The minimum Gasteiger partial charge on any atom is -0.472 e. The van der Waals surface area contributed by atoms with E-state index in [0.717, 1.165) is 7.11 Å². The Morgan fingerprint density at radius 1 is 1.07 bits per heavy atom. The lowest BCUT2D eigenvalue weighted by Gasteiger charge is -2.65. The number of methoxy groups -OCH3 is 2. The number of ketones is 2. The van der Waals surface area contributed by atoms with Gasteiger partial charge in [0.05, 0.1) is 37.9 Å². The van der Waals surface area contributed by atoms with Gasteiger partial charge < -0.3 is 28.8 Å². The molecule has 240 valence electrons. The number of hydrogen-bond donors (Lipinski definition) is 2. The zero-order chi connectivity index (χ0) is 33.0. The number of furan rings is 1. The summed E-state index contributed by atoms with van der Waals surface area (Å²) < 4.78 is 21.0. The summed E-state index contributed by atoms with van der Waals surface area (Å²) in [6.45, 7) is 9.76. The van der Waals surface area contributed by atoms with Crippen LogP contribution in [0, 0.1) is 28.1 Å². The van der Waals surface area contributed by atoms with E-state index in [0.29, 0.717) is 0 Å². The predicted octanol–water partition coefficient (Wildman–Crippen LogP) is 3.52. The molecule has 11 nitrogen and oxygen atoms in total. The molecular weight excluding hydrogens is 572 g/mol. The molecule has 4 rings (SSSR count). The van der Waals surface area contributed by atoms with Gasteiger partial charge in [0.1, 0.15) is 18.0 Å². The summed E-state index contributed by atoms with van der Waals surface area (Å²) in [5, 5.41) is 25.1. The number of ether oxygens (including phenoxy) is 3. The van der Waals surface area contributed by atoms with E-state index in [1.807, 2.05) is 0 Å². The largest absolute Gasteiger partial charge is 0.472 e. The second-order valence-corrected chi connectivity index (χ2v) is 13.3. The Hall–Kier alpha value is -3.57. The molecule has 7 atom stereocenters. The fourth-order valence-electron chi connectivity index (χ4n) is 8.13. The van der Waals surface area contributed by atoms with Crippen LogP contribution in [0.25, 0.3) is 0 Å². The molecule has 44 heavy (non-hydrogen) atoms. The minimum atomic E-state index is -2.48. The molecule has 0 aromatic carbocycles. The molecule has 0 amide bonds. The number of rotatable bonds is 8. The van der Waals surface area contributed by atoms with Crippen LogP contribution in [0.4, 0.5) is 0 Å². The van der Waals surface area contributed by atoms with E-state index in [1.54, 1.807) is 27.7 Å². The number of esters is 3. The number of carbonyl (C=O) groups excluding carboxylic acids is 5. The number of allylic oxidation sites excluding steroid dienone is 1. The summed E-state index contributed by atoms with van der Waals surface area (Å²) in [5.74, 6) is -5.07. The molecule has 3 aliphatic rings. The first-order valence-electron chi connectivity index (χ1n) is 14.7. The highest BCUT2D eigenvalue weighted by Crippen LogP contribution is 2.67. The molecule has 0 spiro atoms. The average Bonchev–Trinajstić information content (AvgIpc) is 3.53. The molecule has 2 saturated carbocycles. The van der Waals surface area contributed by atoms with Crippen molar-refractivity contribution in [2.45, 2.75) is 84.5 Å². The highest BCUT2D eigenvalue weighted by atomic mass is 16.6. The Kier molecular flexibility index (Phi) is 8.41. The third-order valence-corrected chi connectivity index (χ3v) is 10.8. The Labute approximate surface area is 256 Å². The van der Waals surface area contributed by atoms with E-state index in [4.69, 9.17) is 18.6 Å². The molecule has 2 fully saturated rings. The van der Waals surface area contributed by atoms with Gasteiger partial charge >= 0.3 is 17.9 Å². The van der Waals surface area contributed by atoms with Gasteiger partial charge in [-0.2, -0.15) is 0 Å². The summed E-state index contributed by atoms with van der Waals surface area (Å²) >= 11 is 0. The second-order valence-electron chi connectivity index (χ2n) is 13.3. The smallest absolute Gasteiger partial charge is 0.333 e. The molecule has 0 saturated heterocycles. The Morgan fingerprint density at radius 3 is 2.25 bits per heavy atom. The van der Waals surface area contributed by atoms with Gasteiger partial charge in [-0.05, 0) is 63.2 Å². The maximum absolute atomic E-state index is 14.6. The van der Waals surface area contributed by atoms with Crippen molar-refractivity contribution in [2.24, 2.45) is 28.1 Å². The van der Waals surface area contributed by atoms with Crippen molar-refractivity contribution >= 4 is 29.5 Å². The maximum Gasteiger partial charge on any atom is 0.333 e. The maximum atomic E-state index is 14.6. The van der Waals surface area contributed by atoms with Crippen molar-refractivity contribution in [1.29, 1.82) is 0 Å². The van der Waals surface area contributed by atoms with E-state index in [9.17, 15) is 34.2 Å². The van der Waals surface area contributed by atoms with Gasteiger partial charge in [0, 0.05) is 22.8 Å². The number of hydrogen-bond acceptors (Lipinski definition) is 11. The summed E-state index contributed by atoms with van der Waals surface area (Å²) in [6, 6.07) is 1.45. The van der Waals surface area contributed by atoms with Gasteiger partial charge in [-0.3, -0.25) is 19.2 Å². The first-order valence-corrected chi connectivity index (χ1v) is 14.7. The Bertz CT molecular complexity index is 1440. The van der Waals surface area contributed by atoms with Crippen LogP contribution in [0.2, 0.25) is 0 Å². The SMILES string of the molecule is CC=C(C)C(=O)O[C@H]1C(C)(C)[C@H](CC(=O)OC)[C@]2(C)C(=O)[C@@]1(O)C=C1[C@@H]2CC[C@@](C)(C(=O)c2ccoc2)[C@@]1(O)CC(=O)OC. The molecular formula is C33H42O11. The second kappa shape index (κ2) is 11.1. The summed E-state index contributed by atoms with van der Waals surface area (Å²) in [7, 11) is 2.37. The van der Waals surface area contributed by atoms with Crippen LogP contribution in [0.3, 0.4) is 0 Å². The molecule has 3 aliphatic carbocycles. The van der Waals surface area contributed by atoms with Crippen LogP contribution in [0.15, 0.2) is 46.3 Å². The van der Waals surface area contributed by atoms with E-state index in [2.05, 4.69) is 0 Å². The van der Waals surface area contributed by atoms with Gasteiger partial charge in [-0.15, -0.1) is 0 Å². The lowest BCUT2D eigenvalue weighted by atomic mass is 9.39. The van der Waals surface area contributed by atoms with Crippen LogP contribution in [0.1, 0.15) is 77.6 Å². The standard InChI is InChI=1S/C33H42O11/c1-9-18(2)26(37)44-28-29(3,4)22(14-23(34)41-7)31(6)20-10-12-30(5,25(36)19-11-13-43-17-19)33(40,16-24(35)42-8)21(20)15-32(28,39)27(31)38/h9,11,13,15,17,20,22,28,39-40H,10,12,14,16H2,1-8H3/t20-,22-,28-,30-,31+,32-,33+/m0/s1. The molecule has 0 unspecified atom stereocenters. The van der Waals surface area contributed by atoms with Crippen LogP contribution < -0.4 is 0 Å². The van der Waals surface area contributed by atoms with Crippen molar-refractivity contribution < 1.29 is 52.8 Å². The number of carbonyl (C=O) groups is 5.